The third-order valence-corrected chi connectivity index (χ3v) is 6.64. The number of aromatic nitrogens is 1. The van der Waals surface area contributed by atoms with Crippen LogP contribution >= 0.6 is 11.3 Å². The number of likely N-dealkylation sites (tertiary alicyclic amines) is 2. The first-order valence-electron chi connectivity index (χ1n) is 9.10. The summed E-state index contributed by atoms with van der Waals surface area (Å²) in [5.41, 5.74) is 2.67. The molecule has 0 bridgehead atoms. The van der Waals surface area contributed by atoms with Crippen LogP contribution < -0.4 is 0 Å². The van der Waals surface area contributed by atoms with E-state index in [1.807, 2.05) is 10.3 Å². The largest absolute Gasteiger partial charge is 0.381 e. The molecule has 3 aliphatic rings. The lowest BCUT2D eigenvalue weighted by Gasteiger charge is -2.42. The molecule has 1 unspecified atom stereocenters. The third kappa shape index (κ3) is 3.37. The van der Waals surface area contributed by atoms with Crippen LogP contribution in [0.2, 0.25) is 0 Å². The van der Waals surface area contributed by atoms with E-state index in [-0.39, 0.29) is 5.91 Å². The molecule has 1 aliphatic carbocycles. The molecule has 3 fully saturated rings. The molecular formula is C18H27N3O2S. The van der Waals surface area contributed by atoms with E-state index in [0.29, 0.717) is 17.0 Å². The number of piperidine rings is 1. The van der Waals surface area contributed by atoms with Gasteiger partial charge in [-0.15, -0.1) is 11.3 Å². The van der Waals surface area contributed by atoms with Crippen molar-refractivity contribution in [1.82, 2.24) is 14.8 Å². The van der Waals surface area contributed by atoms with Crippen LogP contribution in [-0.4, -0.2) is 67.1 Å². The minimum atomic E-state index is 0.0963. The second-order valence-electron chi connectivity index (χ2n) is 7.90. The Hall–Kier alpha value is -0.980. The molecule has 1 saturated carbocycles. The highest BCUT2D eigenvalue weighted by atomic mass is 32.1. The van der Waals surface area contributed by atoms with E-state index < -0.39 is 0 Å². The third-order valence-electron chi connectivity index (χ3n) is 6.05. The van der Waals surface area contributed by atoms with Gasteiger partial charge < -0.3 is 14.5 Å². The van der Waals surface area contributed by atoms with E-state index in [2.05, 4.69) is 16.9 Å². The molecule has 24 heavy (non-hydrogen) atoms. The van der Waals surface area contributed by atoms with Gasteiger partial charge in [-0.1, -0.05) is 0 Å². The summed E-state index contributed by atoms with van der Waals surface area (Å²) in [6.45, 7) is 5.81. The molecule has 2 saturated heterocycles. The van der Waals surface area contributed by atoms with Crippen molar-refractivity contribution >= 4 is 17.2 Å². The van der Waals surface area contributed by atoms with E-state index in [0.717, 1.165) is 58.2 Å². The first-order chi connectivity index (χ1) is 11.7. The highest BCUT2D eigenvalue weighted by Crippen LogP contribution is 2.44. The molecular weight excluding hydrogens is 322 g/mol. The van der Waals surface area contributed by atoms with E-state index in [4.69, 9.17) is 4.74 Å². The molecule has 1 spiro atoms. The van der Waals surface area contributed by atoms with Crippen molar-refractivity contribution in [2.75, 3.05) is 46.4 Å². The molecule has 0 N–H and O–H groups in total. The quantitative estimate of drug-likeness (QED) is 0.819. The van der Waals surface area contributed by atoms with Crippen LogP contribution in [0.4, 0.5) is 0 Å². The van der Waals surface area contributed by atoms with Gasteiger partial charge in [-0.25, -0.2) is 4.98 Å². The fraction of sp³-hybridized carbons (Fsp3) is 0.778. The summed E-state index contributed by atoms with van der Waals surface area (Å²) < 4.78 is 6.03. The van der Waals surface area contributed by atoms with Crippen molar-refractivity contribution < 1.29 is 9.53 Å². The Morgan fingerprint density at radius 3 is 2.83 bits per heavy atom. The van der Waals surface area contributed by atoms with Gasteiger partial charge in [0, 0.05) is 44.1 Å². The average Bonchev–Trinajstić information content (AvgIpc) is 3.14. The van der Waals surface area contributed by atoms with Gasteiger partial charge in [0.2, 0.25) is 0 Å². The summed E-state index contributed by atoms with van der Waals surface area (Å²) >= 11 is 1.49. The van der Waals surface area contributed by atoms with Crippen molar-refractivity contribution in [3.63, 3.8) is 0 Å². The van der Waals surface area contributed by atoms with Gasteiger partial charge in [-0.05, 0) is 44.1 Å². The maximum atomic E-state index is 12.5. The minimum Gasteiger partial charge on any atom is -0.381 e. The van der Waals surface area contributed by atoms with Crippen molar-refractivity contribution in [3.05, 3.63) is 16.6 Å². The Kier molecular flexibility index (Phi) is 4.62. The predicted octanol–water partition coefficient (Wildman–Crippen LogP) is 2.35. The maximum absolute atomic E-state index is 12.5. The van der Waals surface area contributed by atoms with Gasteiger partial charge in [0.25, 0.3) is 5.91 Å². The van der Waals surface area contributed by atoms with E-state index >= 15 is 0 Å². The standard InChI is InChI=1S/C18H27N3O2S/c1-20-8-15(10-23-9-14-2-3-14)18(12-20)4-6-21(7-5-18)17(22)16-11-24-13-19-16/h11,13-15H,2-10,12H2,1H3. The molecule has 1 aromatic heterocycles. The summed E-state index contributed by atoms with van der Waals surface area (Å²) in [5, 5.41) is 1.85. The zero-order valence-corrected chi connectivity index (χ0v) is 15.3. The van der Waals surface area contributed by atoms with Gasteiger partial charge in [0.05, 0.1) is 12.1 Å². The highest BCUT2D eigenvalue weighted by Gasteiger charge is 2.47. The van der Waals surface area contributed by atoms with Gasteiger partial charge in [-0.3, -0.25) is 4.79 Å². The zero-order chi connectivity index (χ0) is 16.6. The number of carbonyl (C=O) groups excluding carboxylic acids is 1. The smallest absolute Gasteiger partial charge is 0.273 e. The van der Waals surface area contributed by atoms with E-state index in [9.17, 15) is 4.79 Å². The van der Waals surface area contributed by atoms with Gasteiger partial charge in [0.15, 0.2) is 0 Å². The SMILES string of the molecule is CN1CC(COCC2CC2)C2(CCN(C(=O)c3cscn3)CC2)C1. The van der Waals surface area contributed by atoms with Crippen LogP contribution in [0.5, 0.6) is 0 Å². The summed E-state index contributed by atoms with van der Waals surface area (Å²) in [7, 11) is 2.22. The zero-order valence-electron chi connectivity index (χ0n) is 14.4. The Morgan fingerprint density at radius 2 is 2.17 bits per heavy atom. The molecule has 132 valence electrons. The Morgan fingerprint density at radius 1 is 1.38 bits per heavy atom. The number of nitrogens with zero attached hydrogens (tertiary/aromatic N) is 3. The van der Waals surface area contributed by atoms with Gasteiger partial charge >= 0.3 is 0 Å². The van der Waals surface area contributed by atoms with Gasteiger partial charge in [-0.2, -0.15) is 0 Å². The topological polar surface area (TPSA) is 45.7 Å². The lowest BCUT2D eigenvalue weighted by Crippen LogP contribution is -2.47. The number of rotatable bonds is 5. The highest BCUT2D eigenvalue weighted by molar-refractivity contribution is 7.07. The normalized spacial score (nSPS) is 27.0. The van der Waals surface area contributed by atoms with Crippen LogP contribution in [-0.2, 0) is 4.74 Å². The summed E-state index contributed by atoms with van der Waals surface area (Å²) in [4.78, 5) is 21.1. The Balaban J connectivity index is 1.35. The predicted molar refractivity (Wildman–Crippen MR) is 94.2 cm³/mol. The van der Waals surface area contributed by atoms with Crippen molar-refractivity contribution in [3.8, 4) is 0 Å². The average molecular weight is 350 g/mol. The molecule has 1 atom stereocenters. The van der Waals surface area contributed by atoms with Crippen LogP contribution in [0, 0.1) is 17.3 Å². The number of hydrogen-bond acceptors (Lipinski definition) is 5. The summed E-state index contributed by atoms with van der Waals surface area (Å²) in [5.74, 6) is 1.54. The summed E-state index contributed by atoms with van der Waals surface area (Å²) in [6.07, 6.45) is 4.88. The molecule has 4 rings (SSSR count). The van der Waals surface area contributed by atoms with Crippen LogP contribution in [0.15, 0.2) is 10.9 Å². The molecule has 1 aromatic rings. The Bertz CT molecular complexity index is 565. The lowest BCUT2D eigenvalue weighted by molar-refractivity contribution is 0.0179. The fourth-order valence-electron chi connectivity index (χ4n) is 4.39. The second-order valence-corrected chi connectivity index (χ2v) is 8.62. The van der Waals surface area contributed by atoms with E-state index in [1.54, 1.807) is 5.51 Å². The number of hydrogen-bond donors (Lipinski definition) is 0. The number of thiazole rings is 1. The first kappa shape index (κ1) is 16.5. The molecule has 1 amide bonds. The van der Waals surface area contributed by atoms with Crippen molar-refractivity contribution in [1.29, 1.82) is 0 Å². The summed E-state index contributed by atoms with van der Waals surface area (Å²) in [6, 6.07) is 0. The molecule has 6 heteroatoms. The molecule has 5 nitrogen and oxygen atoms in total. The fourth-order valence-corrected chi connectivity index (χ4v) is 4.92. The van der Waals surface area contributed by atoms with Gasteiger partial charge in [0.1, 0.15) is 5.69 Å². The van der Waals surface area contributed by atoms with Crippen molar-refractivity contribution in [2.24, 2.45) is 17.3 Å². The first-order valence-corrected chi connectivity index (χ1v) is 10.0. The number of amides is 1. The lowest BCUT2D eigenvalue weighted by atomic mass is 9.71. The number of carbonyl (C=O) groups is 1. The minimum absolute atomic E-state index is 0.0963. The van der Waals surface area contributed by atoms with Crippen LogP contribution in [0.25, 0.3) is 0 Å². The number of ether oxygens (including phenoxy) is 1. The van der Waals surface area contributed by atoms with Crippen LogP contribution in [0.1, 0.15) is 36.2 Å². The van der Waals surface area contributed by atoms with E-state index in [1.165, 1.54) is 24.2 Å². The van der Waals surface area contributed by atoms with Crippen molar-refractivity contribution in [2.45, 2.75) is 25.7 Å². The maximum Gasteiger partial charge on any atom is 0.273 e. The van der Waals surface area contributed by atoms with Crippen LogP contribution in [0.3, 0.4) is 0 Å². The molecule has 3 heterocycles. The molecule has 0 radical (unpaired) electrons. The molecule has 2 aliphatic heterocycles. The molecule has 0 aromatic carbocycles. The second kappa shape index (κ2) is 6.73. The Labute approximate surface area is 148 Å². The monoisotopic (exact) mass is 349 g/mol.